The molecule has 1 saturated heterocycles. The van der Waals surface area contributed by atoms with E-state index in [9.17, 15) is 4.79 Å². The van der Waals surface area contributed by atoms with Crippen LogP contribution in [0.25, 0.3) is 0 Å². The van der Waals surface area contributed by atoms with Gasteiger partial charge in [0.2, 0.25) is 5.91 Å². The van der Waals surface area contributed by atoms with E-state index in [1.54, 1.807) is 7.05 Å². The SMILES string of the molecule is CN=C(NCCCCOc1ccc(C)cc1)NC1CCN(C(=O)C(C)C)C1.I. The molecule has 6 nitrogen and oxygen atoms in total. The van der Waals surface area contributed by atoms with E-state index in [0.717, 1.165) is 50.6 Å². The zero-order valence-corrected chi connectivity index (χ0v) is 19.9. The summed E-state index contributed by atoms with van der Waals surface area (Å²) in [4.78, 5) is 18.3. The van der Waals surface area contributed by atoms with E-state index in [4.69, 9.17) is 4.74 Å². The Morgan fingerprint density at radius 2 is 2.00 bits per heavy atom. The average molecular weight is 502 g/mol. The van der Waals surface area contributed by atoms with Crippen LogP contribution in [0, 0.1) is 12.8 Å². The molecule has 28 heavy (non-hydrogen) atoms. The summed E-state index contributed by atoms with van der Waals surface area (Å²) in [7, 11) is 1.78. The van der Waals surface area contributed by atoms with Crippen LogP contribution in [0.2, 0.25) is 0 Å². The summed E-state index contributed by atoms with van der Waals surface area (Å²) in [5.74, 6) is 2.02. The molecule has 158 valence electrons. The van der Waals surface area contributed by atoms with Gasteiger partial charge < -0.3 is 20.3 Å². The van der Waals surface area contributed by atoms with Crippen LogP contribution in [-0.4, -0.2) is 56.1 Å². The molecule has 1 aliphatic rings. The number of aryl methyl sites for hydroxylation is 1. The van der Waals surface area contributed by atoms with Crippen molar-refractivity contribution in [1.82, 2.24) is 15.5 Å². The van der Waals surface area contributed by atoms with Gasteiger partial charge in [0.25, 0.3) is 0 Å². The number of unbranched alkanes of at least 4 members (excludes halogenated alkanes) is 1. The minimum absolute atomic E-state index is 0. The predicted molar refractivity (Wildman–Crippen MR) is 126 cm³/mol. The fraction of sp³-hybridized carbons (Fsp3) is 0.619. The molecule has 2 rings (SSSR count). The van der Waals surface area contributed by atoms with Crippen molar-refractivity contribution in [3.05, 3.63) is 29.8 Å². The maximum absolute atomic E-state index is 12.1. The molecule has 2 N–H and O–H groups in total. The smallest absolute Gasteiger partial charge is 0.225 e. The highest BCUT2D eigenvalue weighted by Gasteiger charge is 2.27. The first-order valence-electron chi connectivity index (χ1n) is 9.95. The molecule has 1 atom stereocenters. The number of likely N-dealkylation sites (tertiary alicyclic amines) is 1. The number of halogens is 1. The fourth-order valence-corrected chi connectivity index (χ4v) is 3.09. The molecule has 1 aliphatic heterocycles. The van der Waals surface area contributed by atoms with Gasteiger partial charge in [-0.15, -0.1) is 24.0 Å². The molecule has 1 fully saturated rings. The summed E-state index contributed by atoms with van der Waals surface area (Å²) in [6.07, 6.45) is 2.96. The van der Waals surface area contributed by atoms with Gasteiger partial charge >= 0.3 is 0 Å². The second-order valence-corrected chi connectivity index (χ2v) is 7.44. The number of guanidine groups is 1. The molecule has 0 aliphatic carbocycles. The summed E-state index contributed by atoms with van der Waals surface area (Å²) in [5, 5.41) is 6.77. The lowest BCUT2D eigenvalue weighted by atomic mass is 10.2. The van der Waals surface area contributed by atoms with Crippen molar-refractivity contribution in [2.45, 2.75) is 46.1 Å². The van der Waals surface area contributed by atoms with E-state index >= 15 is 0 Å². The Morgan fingerprint density at radius 3 is 2.64 bits per heavy atom. The van der Waals surface area contributed by atoms with Crippen LogP contribution in [-0.2, 0) is 4.79 Å². The van der Waals surface area contributed by atoms with Crippen molar-refractivity contribution in [1.29, 1.82) is 0 Å². The van der Waals surface area contributed by atoms with Gasteiger partial charge in [-0.1, -0.05) is 31.5 Å². The first-order valence-corrected chi connectivity index (χ1v) is 9.95. The second-order valence-electron chi connectivity index (χ2n) is 7.44. The van der Waals surface area contributed by atoms with Crippen molar-refractivity contribution >= 4 is 35.8 Å². The van der Waals surface area contributed by atoms with E-state index < -0.39 is 0 Å². The topological polar surface area (TPSA) is 66.0 Å². The number of amides is 1. The first-order chi connectivity index (χ1) is 13.0. The lowest BCUT2D eigenvalue weighted by Gasteiger charge is -2.20. The number of rotatable bonds is 8. The second kappa shape index (κ2) is 12.9. The van der Waals surface area contributed by atoms with E-state index in [0.29, 0.717) is 6.61 Å². The third kappa shape index (κ3) is 8.24. The van der Waals surface area contributed by atoms with E-state index in [-0.39, 0.29) is 41.8 Å². The van der Waals surface area contributed by atoms with Crippen molar-refractivity contribution in [3.63, 3.8) is 0 Å². The van der Waals surface area contributed by atoms with Gasteiger partial charge in [-0.2, -0.15) is 0 Å². The Bertz CT molecular complexity index is 619. The van der Waals surface area contributed by atoms with Gasteiger partial charge in [0, 0.05) is 38.6 Å². The number of nitrogens with zero attached hydrogens (tertiary/aromatic N) is 2. The van der Waals surface area contributed by atoms with Crippen LogP contribution < -0.4 is 15.4 Å². The van der Waals surface area contributed by atoms with E-state index in [1.165, 1.54) is 5.56 Å². The van der Waals surface area contributed by atoms with Crippen LogP contribution in [0.1, 0.15) is 38.7 Å². The van der Waals surface area contributed by atoms with Crippen molar-refractivity contribution < 1.29 is 9.53 Å². The van der Waals surface area contributed by atoms with E-state index in [2.05, 4.69) is 34.7 Å². The number of carbonyl (C=O) groups is 1. The molecule has 0 radical (unpaired) electrons. The van der Waals surface area contributed by atoms with Crippen LogP contribution in [0.5, 0.6) is 5.75 Å². The Balaban J connectivity index is 0.00000392. The van der Waals surface area contributed by atoms with Gasteiger partial charge in [-0.25, -0.2) is 0 Å². The summed E-state index contributed by atoms with van der Waals surface area (Å²) < 4.78 is 5.74. The van der Waals surface area contributed by atoms with Crippen molar-refractivity contribution in [2.75, 3.05) is 33.3 Å². The minimum atomic E-state index is 0. The zero-order chi connectivity index (χ0) is 19.6. The lowest BCUT2D eigenvalue weighted by molar-refractivity contribution is -0.133. The highest BCUT2D eigenvalue weighted by atomic mass is 127. The molecule has 1 heterocycles. The van der Waals surface area contributed by atoms with E-state index in [1.807, 2.05) is 30.9 Å². The Labute approximate surface area is 186 Å². The number of hydrogen-bond donors (Lipinski definition) is 2. The van der Waals surface area contributed by atoms with Crippen molar-refractivity contribution in [2.24, 2.45) is 10.9 Å². The van der Waals surface area contributed by atoms with Crippen LogP contribution in [0.15, 0.2) is 29.3 Å². The molecule has 0 aromatic heterocycles. The minimum Gasteiger partial charge on any atom is -0.494 e. The highest BCUT2D eigenvalue weighted by molar-refractivity contribution is 14.0. The Morgan fingerprint density at radius 1 is 1.29 bits per heavy atom. The summed E-state index contributed by atoms with van der Waals surface area (Å²) in [6, 6.07) is 8.41. The van der Waals surface area contributed by atoms with Gasteiger partial charge in [-0.3, -0.25) is 9.79 Å². The van der Waals surface area contributed by atoms with Gasteiger partial charge in [0.05, 0.1) is 6.61 Å². The largest absolute Gasteiger partial charge is 0.494 e. The molecule has 1 amide bonds. The average Bonchev–Trinajstić information content (AvgIpc) is 3.12. The molecular formula is C21H35IN4O2. The Kier molecular flexibility index (Phi) is 11.3. The zero-order valence-electron chi connectivity index (χ0n) is 17.5. The van der Waals surface area contributed by atoms with Crippen LogP contribution in [0.4, 0.5) is 0 Å². The van der Waals surface area contributed by atoms with Crippen LogP contribution in [0.3, 0.4) is 0 Å². The number of hydrogen-bond acceptors (Lipinski definition) is 3. The molecule has 1 aromatic rings. The molecule has 1 unspecified atom stereocenters. The molecular weight excluding hydrogens is 467 g/mol. The summed E-state index contributed by atoms with van der Waals surface area (Å²) in [5.41, 5.74) is 1.24. The number of nitrogens with one attached hydrogen (secondary N) is 2. The fourth-order valence-electron chi connectivity index (χ4n) is 3.09. The lowest BCUT2D eigenvalue weighted by Crippen LogP contribution is -2.45. The number of aliphatic imine (C=N–C) groups is 1. The number of benzene rings is 1. The predicted octanol–water partition coefficient (Wildman–Crippen LogP) is 3.19. The first kappa shape index (κ1) is 24.5. The quantitative estimate of drug-likeness (QED) is 0.248. The molecule has 1 aromatic carbocycles. The third-order valence-corrected chi connectivity index (χ3v) is 4.71. The van der Waals surface area contributed by atoms with Gasteiger partial charge in [0.15, 0.2) is 5.96 Å². The van der Waals surface area contributed by atoms with Gasteiger partial charge in [-0.05, 0) is 38.3 Å². The van der Waals surface area contributed by atoms with Gasteiger partial charge in [0.1, 0.15) is 5.75 Å². The molecule has 0 bridgehead atoms. The normalized spacial score (nSPS) is 16.7. The van der Waals surface area contributed by atoms with Crippen LogP contribution >= 0.6 is 24.0 Å². The maximum atomic E-state index is 12.1. The Hall–Kier alpha value is -1.51. The summed E-state index contributed by atoms with van der Waals surface area (Å²) in [6.45, 7) is 9.11. The molecule has 0 spiro atoms. The third-order valence-electron chi connectivity index (χ3n) is 4.71. The summed E-state index contributed by atoms with van der Waals surface area (Å²) >= 11 is 0. The number of ether oxygens (including phenoxy) is 1. The molecule has 0 saturated carbocycles. The highest BCUT2D eigenvalue weighted by Crippen LogP contribution is 2.13. The standard InChI is InChI=1S/C21H34N4O2.HI/c1-16(2)20(26)25-13-11-18(15-25)24-21(22-4)23-12-5-6-14-27-19-9-7-17(3)8-10-19;/h7-10,16,18H,5-6,11-15H2,1-4H3,(H2,22,23,24);1H. The monoisotopic (exact) mass is 502 g/mol. The molecule has 7 heteroatoms. The van der Waals surface area contributed by atoms with Crippen molar-refractivity contribution in [3.8, 4) is 5.75 Å². The maximum Gasteiger partial charge on any atom is 0.225 e. The number of carbonyl (C=O) groups excluding carboxylic acids is 1.